The molecule has 1 aromatic carbocycles. The molecule has 0 radical (unpaired) electrons. The fourth-order valence-electron chi connectivity index (χ4n) is 1.48. The Bertz CT molecular complexity index is 536. The van der Waals surface area contributed by atoms with Gasteiger partial charge in [0.2, 0.25) is 0 Å². The Labute approximate surface area is 113 Å². The molecule has 2 rings (SSSR count). The molecule has 0 spiro atoms. The van der Waals surface area contributed by atoms with Gasteiger partial charge in [-0.05, 0) is 36.8 Å². The summed E-state index contributed by atoms with van der Waals surface area (Å²) in [5.41, 5.74) is 1.98. The zero-order chi connectivity index (χ0) is 12.3. The van der Waals surface area contributed by atoms with E-state index < -0.39 is 0 Å². The van der Waals surface area contributed by atoms with Gasteiger partial charge in [0.15, 0.2) is 0 Å². The molecule has 0 atom stereocenters. The highest BCUT2D eigenvalue weighted by atomic mass is 79.9. The molecule has 0 bridgehead atoms. The molecular formula is C13H12BrNOS. The van der Waals surface area contributed by atoms with E-state index in [9.17, 15) is 4.79 Å². The minimum Gasteiger partial charge on any atom is -0.321 e. The van der Waals surface area contributed by atoms with Gasteiger partial charge in [0, 0.05) is 15.9 Å². The van der Waals surface area contributed by atoms with E-state index in [2.05, 4.69) is 21.2 Å². The number of carbonyl (C=O) groups is 1. The van der Waals surface area contributed by atoms with Gasteiger partial charge in [0.1, 0.15) is 0 Å². The van der Waals surface area contributed by atoms with Crippen LogP contribution in [0, 0.1) is 6.92 Å². The van der Waals surface area contributed by atoms with Gasteiger partial charge in [-0.3, -0.25) is 4.79 Å². The predicted molar refractivity (Wildman–Crippen MR) is 76.1 cm³/mol. The number of amides is 1. The molecule has 2 nitrogen and oxygen atoms in total. The lowest BCUT2D eigenvalue weighted by Gasteiger charge is -2.04. The van der Waals surface area contributed by atoms with E-state index in [4.69, 9.17) is 0 Å². The fourth-order valence-corrected chi connectivity index (χ4v) is 2.59. The molecule has 4 heteroatoms. The molecule has 1 N–H and O–H groups in total. The molecular weight excluding hydrogens is 298 g/mol. The van der Waals surface area contributed by atoms with E-state index in [-0.39, 0.29) is 5.91 Å². The number of halogens is 1. The van der Waals surface area contributed by atoms with E-state index in [1.54, 1.807) is 0 Å². The number of rotatable bonds is 3. The molecule has 0 aliphatic heterocycles. The van der Waals surface area contributed by atoms with Crippen molar-refractivity contribution in [1.82, 2.24) is 0 Å². The van der Waals surface area contributed by atoms with E-state index in [1.807, 2.05) is 43.3 Å². The first-order valence-corrected chi connectivity index (χ1v) is 7.15. The second-order valence-corrected chi connectivity index (χ2v) is 5.55. The minimum atomic E-state index is -0.0465. The molecule has 17 heavy (non-hydrogen) atoms. The number of hydrogen-bond donors (Lipinski definition) is 1. The second-order valence-electron chi connectivity index (χ2n) is 3.70. The highest BCUT2D eigenvalue weighted by Crippen LogP contribution is 2.18. The first-order valence-electron chi connectivity index (χ1n) is 5.22. The molecule has 0 unspecified atom stereocenters. The lowest BCUT2D eigenvalue weighted by atomic mass is 10.2. The Morgan fingerprint density at radius 1 is 1.35 bits per heavy atom. The van der Waals surface area contributed by atoms with Crippen molar-refractivity contribution in [3.63, 3.8) is 0 Å². The van der Waals surface area contributed by atoms with Gasteiger partial charge in [-0.2, -0.15) is 0 Å². The van der Waals surface area contributed by atoms with Gasteiger partial charge < -0.3 is 5.32 Å². The normalized spacial score (nSPS) is 10.2. The van der Waals surface area contributed by atoms with Gasteiger partial charge in [-0.15, -0.1) is 11.3 Å². The lowest BCUT2D eigenvalue weighted by molar-refractivity contribution is 0.103. The maximum atomic E-state index is 11.9. The van der Waals surface area contributed by atoms with Crippen LogP contribution in [-0.2, 0) is 5.33 Å². The van der Waals surface area contributed by atoms with Crippen LogP contribution >= 0.6 is 27.3 Å². The fraction of sp³-hybridized carbons (Fsp3) is 0.154. The van der Waals surface area contributed by atoms with Crippen molar-refractivity contribution >= 4 is 38.9 Å². The summed E-state index contributed by atoms with van der Waals surface area (Å²) in [5.74, 6) is -0.0465. The van der Waals surface area contributed by atoms with E-state index >= 15 is 0 Å². The summed E-state index contributed by atoms with van der Waals surface area (Å²) < 4.78 is 0. The smallest absolute Gasteiger partial charge is 0.265 e. The molecule has 1 aromatic heterocycles. The highest BCUT2D eigenvalue weighted by Gasteiger charge is 2.08. The Balaban J connectivity index is 2.12. The van der Waals surface area contributed by atoms with Crippen LogP contribution in [0.3, 0.4) is 0 Å². The summed E-state index contributed by atoms with van der Waals surface area (Å²) in [4.78, 5) is 13.8. The Hall–Kier alpha value is -1.13. The molecule has 0 aliphatic rings. The maximum absolute atomic E-state index is 11.9. The van der Waals surface area contributed by atoms with Crippen molar-refractivity contribution in [3.8, 4) is 0 Å². The van der Waals surface area contributed by atoms with Crippen molar-refractivity contribution in [3.05, 3.63) is 51.7 Å². The third-order valence-electron chi connectivity index (χ3n) is 2.30. The molecule has 0 saturated carbocycles. The van der Waals surface area contributed by atoms with Gasteiger partial charge >= 0.3 is 0 Å². The molecule has 0 aliphatic carbocycles. The first kappa shape index (κ1) is 12.3. The largest absolute Gasteiger partial charge is 0.321 e. The van der Waals surface area contributed by atoms with Crippen LogP contribution in [0.4, 0.5) is 5.69 Å². The second kappa shape index (κ2) is 5.47. The minimum absolute atomic E-state index is 0.0465. The van der Waals surface area contributed by atoms with Crippen LogP contribution in [0.5, 0.6) is 0 Å². The lowest BCUT2D eigenvalue weighted by Crippen LogP contribution is -2.10. The SMILES string of the molecule is Cc1ccc(C(=O)Nc2cccc(CBr)c2)s1. The van der Waals surface area contributed by atoms with Crippen LogP contribution < -0.4 is 5.32 Å². The van der Waals surface area contributed by atoms with Crippen LogP contribution in [0.1, 0.15) is 20.1 Å². The van der Waals surface area contributed by atoms with Gasteiger partial charge in [0.25, 0.3) is 5.91 Å². The maximum Gasteiger partial charge on any atom is 0.265 e. The average Bonchev–Trinajstić information content (AvgIpc) is 2.76. The third kappa shape index (κ3) is 3.17. The van der Waals surface area contributed by atoms with E-state index in [1.165, 1.54) is 11.3 Å². The van der Waals surface area contributed by atoms with Crippen molar-refractivity contribution < 1.29 is 4.79 Å². The van der Waals surface area contributed by atoms with E-state index in [0.717, 1.165) is 26.3 Å². The molecule has 88 valence electrons. The number of hydrogen-bond acceptors (Lipinski definition) is 2. The summed E-state index contributed by atoms with van der Waals surface area (Å²) >= 11 is 4.90. The van der Waals surface area contributed by atoms with Crippen molar-refractivity contribution in [2.24, 2.45) is 0 Å². The Morgan fingerprint density at radius 3 is 2.82 bits per heavy atom. The average molecular weight is 310 g/mol. The van der Waals surface area contributed by atoms with Gasteiger partial charge in [0.05, 0.1) is 4.88 Å². The molecule has 0 saturated heterocycles. The number of alkyl halides is 1. The zero-order valence-corrected chi connectivity index (χ0v) is 11.8. The Morgan fingerprint density at radius 2 is 2.18 bits per heavy atom. The number of carbonyl (C=O) groups excluding carboxylic acids is 1. The van der Waals surface area contributed by atoms with Gasteiger partial charge in [-0.1, -0.05) is 28.1 Å². The summed E-state index contributed by atoms with van der Waals surface area (Å²) in [5, 5.41) is 3.68. The molecule has 1 amide bonds. The zero-order valence-electron chi connectivity index (χ0n) is 9.37. The number of nitrogens with one attached hydrogen (secondary N) is 1. The molecule has 0 fully saturated rings. The van der Waals surface area contributed by atoms with Crippen molar-refractivity contribution in [2.45, 2.75) is 12.3 Å². The number of thiophene rings is 1. The summed E-state index contributed by atoms with van der Waals surface area (Å²) in [6, 6.07) is 11.6. The van der Waals surface area contributed by atoms with Crippen LogP contribution in [0.15, 0.2) is 36.4 Å². The van der Waals surface area contributed by atoms with Crippen LogP contribution in [-0.4, -0.2) is 5.91 Å². The number of aryl methyl sites for hydroxylation is 1. The standard InChI is InChI=1S/C13H12BrNOS/c1-9-5-6-12(17-9)13(16)15-11-4-2-3-10(7-11)8-14/h2-7H,8H2,1H3,(H,15,16). The summed E-state index contributed by atoms with van der Waals surface area (Å²) in [6.07, 6.45) is 0. The number of benzene rings is 1. The van der Waals surface area contributed by atoms with Gasteiger partial charge in [-0.25, -0.2) is 0 Å². The third-order valence-corrected chi connectivity index (χ3v) is 3.95. The van der Waals surface area contributed by atoms with Crippen LogP contribution in [0.2, 0.25) is 0 Å². The summed E-state index contributed by atoms with van der Waals surface area (Å²) in [6.45, 7) is 1.99. The first-order chi connectivity index (χ1) is 8.19. The van der Waals surface area contributed by atoms with Crippen LogP contribution in [0.25, 0.3) is 0 Å². The Kier molecular flexibility index (Phi) is 3.97. The monoisotopic (exact) mass is 309 g/mol. The van der Waals surface area contributed by atoms with Crippen molar-refractivity contribution in [2.75, 3.05) is 5.32 Å². The summed E-state index contributed by atoms with van der Waals surface area (Å²) in [7, 11) is 0. The van der Waals surface area contributed by atoms with Crippen molar-refractivity contribution in [1.29, 1.82) is 0 Å². The topological polar surface area (TPSA) is 29.1 Å². The predicted octanol–water partition coefficient (Wildman–Crippen LogP) is 4.20. The molecule has 2 aromatic rings. The van der Waals surface area contributed by atoms with E-state index in [0.29, 0.717) is 0 Å². The quantitative estimate of drug-likeness (QED) is 0.846. The highest BCUT2D eigenvalue weighted by molar-refractivity contribution is 9.08. The molecule has 1 heterocycles. The number of anilines is 1.